The van der Waals surface area contributed by atoms with Gasteiger partial charge in [0, 0.05) is 11.9 Å². The number of aromatic amines is 1. The van der Waals surface area contributed by atoms with Gasteiger partial charge in [0.2, 0.25) is 5.91 Å². The van der Waals surface area contributed by atoms with Gasteiger partial charge in [0.25, 0.3) is 5.56 Å². The van der Waals surface area contributed by atoms with Crippen LogP contribution in [-0.2, 0) is 17.8 Å². The van der Waals surface area contributed by atoms with Gasteiger partial charge in [-0.2, -0.15) is 5.10 Å². The van der Waals surface area contributed by atoms with Gasteiger partial charge in [0.05, 0.1) is 17.5 Å². The summed E-state index contributed by atoms with van der Waals surface area (Å²) in [6.07, 6.45) is 0.0541. The number of nitrogens with zero attached hydrogens (tertiary/aromatic N) is 1. The van der Waals surface area contributed by atoms with Crippen molar-refractivity contribution in [3.8, 4) is 0 Å². The van der Waals surface area contributed by atoms with Gasteiger partial charge in [0.15, 0.2) is 0 Å². The molecule has 0 atom stereocenters. The molecule has 0 aliphatic rings. The number of benzene rings is 2. The molecule has 0 fully saturated rings. The Hall–Kier alpha value is -3.02. The van der Waals surface area contributed by atoms with E-state index in [0.29, 0.717) is 23.0 Å². The monoisotopic (exact) mass is 311 g/mol. The fourth-order valence-electron chi connectivity index (χ4n) is 2.32. The molecule has 0 aliphatic heterocycles. The summed E-state index contributed by atoms with van der Waals surface area (Å²) in [5, 5.41) is 10.3. The SMILES string of the molecule is O=C(Cc1n[nH]c(=O)c2ccccc12)NCc1ccc(F)cc1. The zero-order valence-corrected chi connectivity index (χ0v) is 12.2. The van der Waals surface area contributed by atoms with E-state index in [1.54, 1.807) is 36.4 Å². The Balaban J connectivity index is 1.72. The molecule has 1 aromatic heterocycles. The fraction of sp³-hybridized carbons (Fsp3) is 0.118. The van der Waals surface area contributed by atoms with Crippen LogP contribution in [0.5, 0.6) is 0 Å². The molecule has 3 rings (SSSR count). The number of H-pyrrole nitrogens is 1. The highest BCUT2D eigenvalue weighted by atomic mass is 19.1. The first-order valence-electron chi connectivity index (χ1n) is 7.11. The maximum Gasteiger partial charge on any atom is 0.272 e. The molecule has 2 N–H and O–H groups in total. The average Bonchev–Trinajstić information content (AvgIpc) is 2.57. The highest BCUT2D eigenvalue weighted by Crippen LogP contribution is 2.12. The lowest BCUT2D eigenvalue weighted by Crippen LogP contribution is -2.25. The number of nitrogens with one attached hydrogen (secondary N) is 2. The number of halogens is 1. The van der Waals surface area contributed by atoms with E-state index in [9.17, 15) is 14.0 Å². The molecule has 2 aromatic carbocycles. The Morgan fingerprint density at radius 3 is 2.52 bits per heavy atom. The first-order valence-corrected chi connectivity index (χ1v) is 7.11. The molecular weight excluding hydrogens is 297 g/mol. The van der Waals surface area contributed by atoms with Crippen molar-refractivity contribution in [2.24, 2.45) is 0 Å². The molecule has 0 spiro atoms. The zero-order chi connectivity index (χ0) is 16.2. The van der Waals surface area contributed by atoms with Crippen LogP contribution >= 0.6 is 0 Å². The third kappa shape index (κ3) is 3.42. The van der Waals surface area contributed by atoms with E-state index in [0.717, 1.165) is 5.56 Å². The summed E-state index contributed by atoms with van der Waals surface area (Å²) in [6, 6.07) is 12.9. The Bertz CT molecular complexity index is 904. The normalized spacial score (nSPS) is 10.7. The Morgan fingerprint density at radius 2 is 1.78 bits per heavy atom. The van der Waals surface area contributed by atoms with Gasteiger partial charge < -0.3 is 5.32 Å². The minimum Gasteiger partial charge on any atom is -0.352 e. The smallest absolute Gasteiger partial charge is 0.272 e. The summed E-state index contributed by atoms with van der Waals surface area (Å²) in [6.45, 7) is 0.306. The van der Waals surface area contributed by atoms with E-state index in [-0.39, 0.29) is 23.7 Å². The van der Waals surface area contributed by atoms with Gasteiger partial charge >= 0.3 is 0 Å². The van der Waals surface area contributed by atoms with Crippen molar-refractivity contribution in [2.75, 3.05) is 0 Å². The lowest BCUT2D eigenvalue weighted by atomic mass is 10.1. The van der Waals surface area contributed by atoms with Crippen LogP contribution in [0.25, 0.3) is 10.8 Å². The Labute approximate surface area is 131 Å². The van der Waals surface area contributed by atoms with Crippen molar-refractivity contribution < 1.29 is 9.18 Å². The van der Waals surface area contributed by atoms with Crippen LogP contribution in [0.15, 0.2) is 53.3 Å². The molecule has 23 heavy (non-hydrogen) atoms. The Morgan fingerprint density at radius 1 is 1.09 bits per heavy atom. The molecule has 0 saturated heterocycles. The van der Waals surface area contributed by atoms with Crippen LogP contribution in [0.3, 0.4) is 0 Å². The van der Waals surface area contributed by atoms with Crippen LogP contribution < -0.4 is 10.9 Å². The molecule has 0 bridgehead atoms. The van der Waals surface area contributed by atoms with Crippen molar-refractivity contribution in [2.45, 2.75) is 13.0 Å². The average molecular weight is 311 g/mol. The second kappa shape index (κ2) is 6.39. The topological polar surface area (TPSA) is 74.8 Å². The number of carbonyl (C=O) groups is 1. The van der Waals surface area contributed by atoms with E-state index < -0.39 is 0 Å². The van der Waals surface area contributed by atoms with E-state index in [1.165, 1.54) is 12.1 Å². The summed E-state index contributed by atoms with van der Waals surface area (Å²) in [7, 11) is 0. The summed E-state index contributed by atoms with van der Waals surface area (Å²) >= 11 is 0. The predicted octanol–water partition coefficient (Wildman–Crippen LogP) is 1.92. The molecule has 3 aromatic rings. The van der Waals surface area contributed by atoms with Gasteiger partial charge in [-0.3, -0.25) is 9.59 Å². The standard InChI is InChI=1S/C17H14FN3O2/c18-12-7-5-11(6-8-12)10-19-16(22)9-15-13-3-1-2-4-14(13)17(23)21-20-15/h1-8H,9-10H2,(H,19,22)(H,21,23). The summed E-state index contributed by atoms with van der Waals surface area (Å²) in [5.41, 5.74) is 1.03. The number of rotatable bonds is 4. The maximum atomic E-state index is 12.8. The lowest BCUT2D eigenvalue weighted by Gasteiger charge is -2.07. The maximum absolute atomic E-state index is 12.8. The molecule has 0 saturated carbocycles. The molecule has 0 aliphatic carbocycles. The molecule has 0 radical (unpaired) electrons. The van der Waals surface area contributed by atoms with Gasteiger partial charge in [-0.15, -0.1) is 0 Å². The quantitative estimate of drug-likeness (QED) is 0.773. The Kier molecular flexibility index (Phi) is 4.14. The predicted molar refractivity (Wildman–Crippen MR) is 84.3 cm³/mol. The minimum atomic E-state index is -0.316. The van der Waals surface area contributed by atoms with Crippen LogP contribution in [0.1, 0.15) is 11.3 Å². The van der Waals surface area contributed by atoms with Crippen LogP contribution in [0, 0.1) is 5.82 Å². The molecule has 116 valence electrons. The van der Waals surface area contributed by atoms with Gasteiger partial charge in [-0.25, -0.2) is 9.49 Å². The molecule has 1 amide bonds. The van der Waals surface area contributed by atoms with Crippen molar-refractivity contribution in [1.29, 1.82) is 0 Å². The minimum absolute atomic E-state index is 0.0541. The molecule has 5 nitrogen and oxygen atoms in total. The van der Waals surface area contributed by atoms with E-state index in [2.05, 4.69) is 15.5 Å². The highest BCUT2D eigenvalue weighted by molar-refractivity contribution is 5.88. The number of carbonyl (C=O) groups excluding carboxylic acids is 1. The van der Waals surface area contributed by atoms with Crippen molar-refractivity contribution in [3.63, 3.8) is 0 Å². The number of fused-ring (bicyclic) bond motifs is 1. The van der Waals surface area contributed by atoms with Gasteiger partial charge in [0.1, 0.15) is 5.82 Å². The van der Waals surface area contributed by atoms with Gasteiger partial charge in [-0.1, -0.05) is 30.3 Å². The number of hydrogen-bond acceptors (Lipinski definition) is 3. The van der Waals surface area contributed by atoms with E-state index in [4.69, 9.17) is 0 Å². The number of hydrogen-bond donors (Lipinski definition) is 2. The summed E-state index contributed by atoms with van der Waals surface area (Å²) in [5.74, 6) is -0.539. The third-order valence-corrected chi connectivity index (χ3v) is 3.51. The lowest BCUT2D eigenvalue weighted by molar-refractivity contribution is -0.120. The first kappa shape index (κ1) is 14.9. The number of amides is 1. The molecule has 1 heterocycles. The second-order valence-corrected chi connectivity index (χ2v) is 5.12. The van der Waals surface area contributed by atoms with Gasteiger partial charge in [-0.05, 0) is 23.8 Å². The van der Waals surface area contributed by atoms with Crippen LogP contribution in [0.4, 0.5) is 4.39 Å². The zero-order valence-electron chi connectivity index (χ0n) is 12.2. The van der Waals surface area contributed by atoms with Crippen LogP contribution in [-0.4, -0.2) is 16.1 Å². The first-order chi connectivity index (χ1) is 11.1. The number of aromatic nitrogens is 2. The molecular formula is C17H14FN3O2. The van der Waals surface area contributed by atoms with E-state index >= 15 is 0 Å². The highest BCUT2D eigenvalue weighted by Gasteiger charge is 2.10. The summed E-state index contributed by atoms with van der Waals surface area (Å²) < 4.78 is 12.8. The third-order valence-electron chi connectivity index (χ3n) is 3.51. The second-order valence-electron chi connectivity index (χ2n) is 5.12. The molecule has 0 unspecified atom stereocenters. The van der Waals surface area contributed by atoms with Crippen molar-refractivity contribution >= 4 is 16.7 Å². The summed E-state index contributed by atoms with van der Waals surface area (Å²) in [4.78, 5) is 23.8. The molecule has 6 heteroatoms. The fourth-order valence-corrected chi connectivity index (χ4v) is 2.32. The van der Waals surface area contributed by atoms with E-state index in [1.807, 2.05) is 0 Å². The van der Waals surface area contributed by atoms with Crippen molar-refractivity contribution in [1.82, 2.24) is 15.5 Å². The van der Waals surface area contributed by atoms with Crippen LogP contribution in [0.2, 0.25) is 0 Å². The van der Waals surface area contributed by atoms with Crippen molar-refractivity contribution in [3.05, 3.63) is 76.0 Å². The largest absolute Gasteiger partial charge is 0.352 e.